The maximum atomic E-state index is 12.8. The van der Waals surface area contributed by atoms with E-state index in [0.29, 0.717) is 62.0 Å². The van der Waals surface area contributed by atoms with E-state index in [1.807, 2.05) is 24.3 Å². The Kier molecular flexibility index (Phi) is 8.64. The van der Waals surface area contributed by atoms with Gasteiger partial charge in [-0.3, -0.25) is 9.59 Å². The number of hydrogen-bond acceptors (Lipinski definition) is 5. The highest BCUT2D eigenvalue weighted by atomic mass is 16.5. The first kappa shape index (κ1) is 23.8. The zero-order chi connectivity index (χ0) is 22.9. The van der Waals surface area contributed by atoms with Crippen LogP contribution in [0.3, 0.4) is 0 Å². The molecule has 0 radical (unpaired) electrons. The molecule has 0 fully saturated rings. The van der Waals surface area contributed by atoms with Gasteiger partial charge in [0.1, 0.15) is 12.4 Å². The first-order chi connectivity index (χ1) is 15.5. The van der Waals surface area contributed by atoms with Crippen LogP contribution >= 0.6 is 0 Å². The summed E-state index contributed by atoms with van der Waals surface area (Å²) in [6.45, 7) is 5.61. The Morgan fingerprint density at radius 2 is 2.00 bits per heavy atom. The Balaban J connectivity index is 1.87. The highest BCUT2D eigenvalue weighted by Gasteiger charge is 2.17. The number of rotatable bonds is 5. The minimum absolute atomic E-state index is 0.104. The Labute approximate surface area is 189 Å². The Morgan fingerprint density at radius 3 is 2.78 bits per heavy atom. The topological polar surface area (TPSA) is 96.9 Å². The molecular weight excluding hydrogens is 408 g/mol. The van der Waals surface area contributed by atoms with Crippen molar-refractivity contribution in [2.45, 2.75) is 32.7 Å². The van der Waals surface area contributed by atoms with Gasteiger partial charge in [0.25, 0.3) is 11.8 Å². The third-order valence-corrected chi connectivity index (χ3v) is 5.24. The lowest BCUT2D eigenvalue weighted by molar-refractivity contribution is 0.0865. The van der Waals surface area contributed by atoms with Gasteiger partial charge in [-0.2, -0.15) is 0 Å². The number of carbonyl (C=O) groups excluding carboxylic acids is 2. The van der Waals surface area contributed by atoms with Crippen molar-refractivity contribution in [2.24, 2.45) is 5.92 Å². The molecule has 0 aliphatic carbocycles. The van der Waals surface area contributed by atoms with Crippen molar-refractivity contribution in [2.75, 3.05) is 33.0 Å². The third kappa shape index (κ3) is 6.80. The predicted octanol–water partition coefficient (Wildman–Crippen LogP) is 2.55. The third-order valence-electron chi connectivity index (χ3n) is 5.24. The van der Waals surface area contributed by atoms with Crippen LogP contribution in [0.15, 0.2) is 42.5 Å². The summed E-state index contributed by atoms with van der Waals surface area (Å²) in [5.74, 6) is 0.663. The average Bonchev–Trinajstić information content (AvgIpc) is 2.77. The molecule has 0 saturated heterocycles. The van der Waals surface area contributed by atoms with Gasteiger partial charge in [-0.15, -0.1) is 0 Å². The van der Waals surface area contributed by atoms with E-state index in [1.165, 1.54) is 0 Å². The minimum atomic E-state index is -0.292. The van der Waals surface area contributed by atoms with Crippen LogP contribution in [0.1, 0.15) is 52.1 Å². The number of benzene rings is 2. The fraction of sp³-hybridized carbons (Fsp3) is 0.440. The average molecular weight is 441 g/mol. The van der Waals surface area contributed by atoms with Gasteiger partial charge in [-0.1, -0.05) is 26.0 Å². The Hall–Kier alpha value is -2.90. The van der Waals surface area contributed by atoms with Crippen molar-refractivity contribution in [3.05, 3.63) is 64.7 Å². The minimum Gasteiger partial charge on any atom is -0.491 e. The molecule has 7 nitrogen and oxygen atoms in total. The molecule has 0 spiro atoms. The lowest BCUT2D eigenvalue weighted by Crippen LogP contribution is -2.38. The number of carbonyl (C=O) groups is 2. The molecule has 3 N–H and O–H groups in total. The number of nitrogens with one attached hydrogen (secondary N) is 2. The number of amides is 2. The van der Waals surface area contributed by atoms with Crippen molar-refractivity contribution >= 4 is 11.8 Å². The van der Waals surface area contributed by atoms with E-state index >= 15 is 0 Å². The standard InChI is InChI=1S/C25H32N2O5/c1-17(2)12-22(16-28)27-25(30)20-6-7-23-21(15-20)14-18-4-3-5-19(13-18)24(29)26-8-9-31-10-11-32-23/h3-7,13,15,17,22,28H,8-12,14,16H2,1-2H3,(H,26,29)(H,27,30)/t22-/m0/s1. The van der Waals surface area contributed by atoms with Crippen molar-refractivity contribution < 1.29 is 24.2 Å². The fourth-order valence-corrected chi connectivity index (χ4v) is 3.71. The number of hydrogen-bond donors (Lipinski definition) is 3. The highest BCUT2D eigenvalue weighted by molar-refractivity contribution is 5.95. The molecular formula is C25H32N2O5. The maximum Gasteiger partial charge on any atom is 0.251 e. The molecule has 32 heavy (non-hydrogen) atoms. The van der Waals surface area contributed by atoms with Crippen molar-refractivity contribution in [3.63, 3.8) is 0 Å². The zero-order valence-electron chi connectivity index (χ0n) is 18.7. The summed E-state index contributed by atoms with van der Waals surface area (Å²) in [7, 11) is 0. The Bertz CT molecular complexity index is 928. The summed E-state index contributed by atoms with van der Waals surface area (Å²) in [5.41, 5.74) is 2.87. The predicted molar refractivity (Wildman–Crippen MR) is 122 cm³/mol. The van der Waals surface area contributed by atoms with E-state index in [9.17, 15) is 14.7 Å². The highest BCUT2D eigenvalue weighted by Crippen LogP contribution is 2.24. The van der Waals surface area contributed by atoms with Crippen molar-refractivity contribution in [3.8, 4) is 5.75 Å². The number of aliphatic hydroxyl groups is 1. The second-order valence-corrected chi connectivity index (χ2v) is 8.40. The summed E-state index contributed by atoms with van der Waals surface area (Å²) in [6, 6.07) is 12.5. The lowest BCUT2D eigenvalue weighted by Gasteiger charge is -2.19. The molecule has 2 aromatic carbocycles. The van der Waals surface area contributed by atoms with Crippen LogP contribution in [-0.2, 0) is 11.2 Å². The van der Waals surface area contributed by atoms with Crippen LogP contribution < -0.4 is 15.4 Å². The molecule has 3 rings (SSSR count). The monoisotopic (exact) mass is 440 g/mol. The quantitative estimate of drug-likeness (QED) is 0.664. The first-order valence-electron chi connectivity index (χ1n) is 11.1. The maximum absolute atomic E-state index is 12.8. The smallest absolute Gasteiger partial charge is 0.251 e. The molecule has 1 aliphatic heterocycles. The number of ether oxygens (including phenoxy) is 2. The van der Waals surface area contributed by atoms with E-state index in [0.717, 1.165) is 11.1 Å². The van der Waals surface area contributed by atoms with Crippen LogP contribution in [0, 0.1) is 5.92 Å². The zero-order valence-corrected chi connectivity index (χ0v) is 18.7. The molecule has 2 amide bonds. The summed E-state index contributed by atoms with van der Waals surface area (Å²) in [4.78, 5) is 25.2. The van der Waals surface area contributed by atoms with Gasteiger partial charge in [0.15, 0.2) is 0 Å². The lowest BCUT2D eigenvalue weighted by atomic mass is 9.99. The number of aliphatic hydroxyl groups excluding tert-OH is 1. The molecule has 1 atom stereocenters. The van der Waals surface area contributed by atoms with Crippen LogP contribution in [0.2, 0.25) is 0 Å². The van der Waals surface area contributed by atoms with Crippen LogP contribution in [0.25, 0.3) is 0 Å². The fourth-order valence-electron chi connectivity index (χ4n) is 3.71. The second-order valence-electron chi connectivity index (χ2n) is 8.40. The van der Waals surface area contributed by atoms with E-state index in [1.54, 1.807) is 18.2 Å². The summed E-state index contributed by atoms with van der Waals surface area (Å²) < 4.78 is 11.4. The van der Waals surface area contributed by atoms with Crippen molar-refractivity contribution in [1.29, 1.82) is 0 Å². The molecule has 7 heteroatoms. The van der Waals surface area contributed by atoms with Gasteiger partial charge in [-0.25, -0.2) is 0 Å². The molecule has 2 aromatic rings. The molecule has 0 saturated carbocycles. The van der Waals surface area contributed by atoms with Crippen LogP contribution in [0.4, 0.5) is 0 Å². The van der Waals surface area contributed by atoms with Gasteiger partial charge < -0.3 is 25.2 Å². The largest absolute Gasteiger partial charge is 0.491 e. The summed E-state index contributed by atoms with van der Waals surface area (Å²) in [5, 5.41) is 15.4. The molecule has 1 aliphatic rings. The SMILES string of the molecule is CC(C)C[C@@H](CO)NC(=O)c1ccc2c(c1)Cc1cccc(c1)C(=O)NCCOCCO2. The van der Waals surface area contributed by atoms with Crippen LogP contribution in [-0.4, -0.2) is 55.9 Å². The molecule has 1 heterocycles. The van der Waals surface area contributed by atoms with Gasteiger partial charge in [0.2, 0.25) is 0 Å². The molecule has 0 aromatic heterocycles. The first-order valence-corrected chi connectivity index (χ1v) is 11.1. The molecule has 2 bridgehead atoms. The van der Waals surface area contributed by atoms with E-state index in [4.69, 9.17) is 9.47 Å². The number of fused-ring (bicyclic) bond motifs is 3. The van der Waals surface area contributed by atoms with Crippen molar-refractivity contribution in [1.82, 2.24) is 10.6 Å². The summed E-state index contributed by atoms with van der Waals surface area (Å²) in [6.07, 6.45) is 1.21. The van der Waals surface area contributed by atoms with Gasteiger partial charge >= 0.3 is 0 Å². The van der Waals surface area contributed by atoms with E-state index in [-0.39, 0.29) is 24.5 Å². The van der Waals surface area contributed by atoms with E-state index in [2.05, 4.69) is 24.5 Å². The normalized spacial score (nSPS) is 15.7. The summed E-state index contributed by atoms with van der Waals surface area (Å²) >= 11 is 0. The van der Waals surface area contributed by atoms with Gasteiger partial charge in [-0.05, 0) is 53.8 Å². The van der Waals surface area contributed by atoms with Gasteiger partial charge in [0.05, 0.1) is 25.9 Å². The molecule has 172 valence electrons. The second kappa shape index (κ2) is 11.6. The van der Waals surface area contributed by atoms with E-state index < -0.39 is 0 Å². The van der Waals surface area contributed by atoms with Crippen LogP contribution in [0.5, 0.6) is 5.75 Å². The molecule has 0 unspecified atom stereocenters. The Morgan fingerprint density at radius 1 is 1.16 bits per heavy atom. The van der Waals surface area contributed by atoms with Gasteiger partial charge in [0, 0.05) is 24.1 Å².